The van der Waals surface area contributed by atoms with E-state index in [9.17, 15) is 4.39 Å². The molecule has 1 heterocycles. The average Bonchev–Trinajstić information content (AvgIpc) is 2.65. The molecule has 4 nitrogen and oxygen atoms in total. The van der Waals surface area contributed by atoms with Gasteiger partial charge < -0.3 is 10.1 Å². The summed E-state index contributed by atoms with van der Waals surface area (Å²) in [5.41, 5.74) is 2.73. The normalized spacial score (nSPS) is 10.4. The van der Waals surface area contributed by atoms with Gasteiger partial charge in [-0.3, -0.25) is 4.68 Å². The molecular formula is C13H16FN3O. The van der Waals surface area contributed by atoms with Crippen molar-refractivity contribution in [1.29, 1.82) is 0 Å². The van der Waals surface area contributed by atoms with Gasteiger partial charge in [0.1, 0.15) is 0 Å². The lowest BCUT2D eigenvalue weighted by Crippen LogP contribution is -2.00. The van der Waals surface area contributed by atoms with Crippen LogP contribution in [0.25, 0.3) is 0 Å². The fourth-order valence-electron chi connectivity index (χ4n) is 1.79. The Morgan fingerprint density at radius 2 is 2.22 bits per heavy atom. The molecule has 0 aliphatic carbocycles. The van der Waals surface area contributed by atoms with Crippen LogP contribution in [0.15, 0.2) is 24.4 Å². The minimum atomic E-state index is -0.347. The minimum absolute atomic E-state index is 0.260. The molecule has 0 radical (unpaired) electrons. The zero-order valence-corrected chi connectivity index (χ0v) is 10.7. The molecule has 0 atom stereocenters. The molecule has 2 rings (SSSR count). The molecule has 0 saturated heterocycles. The van der Waals surface area contributed by atoms with E-state index in [2.05, 4.69) is 10.4 Å². The van der Waals surface area contributed by atoms with Gasteiger partial charge in [-0.05, 0) is 24.6 Å². The highest BCUT2D eigenvalue weighted by molar-refractivity contribution is 5.46. The lowest BCUT2D eigenvalue weighted by Gasteiger charge is -2.07. The van der Waals surface area contributed by atoms with E-state index in [4.69, 9.17) is 4.74 Å². The second-order valence-corrected chi connectivity index (χ2v) is 4.12. The molecule has 0 bridgehead atoms. The number of halogens is 1. The van der Waals surface area contributed by atoms with Crippen molar-refractivity contribution >= 4 is 5.69 Å². The van der Waals surface area contributed by atoms with Crippen molar-refractivity contribution in [2.45, 2.75) is 13.5 Å². The molecule has 0 aliphatic rings. The largest absolute Gasteiger partial charge is 0.494 e. The third kappa shape index (κ3) is 2.61. The Morgan fingerprint density at radius 3 is 2.78 bits per heavy atom. The standard InChI is InChI=1S/C13H16FN3O/c1-9-12(8-17(2)16-9)15-7-10-4-5-13(18-3)11(14)6-10/h4-6,8,15H,7H2,1-3H3. The molecule has 0 unspecified atom stereocenters. The summed E-state index contributed by atoms with van der Waals surface area (Å²) in [6, 6.07) is 4.93. The predicted molar refractivity (Wildman–Crippen MR) is 68.2 cm³/mol. The van der Waals surface area contributed by atoms with Gasteiger partial charge in [0.05, 0.1) is 18.5 Å². The van der Waals surface area contributed by atoms with Gasteiger partial charge in [0, 0.05) is 19.8 Å². The molecule has 96 valence electrons. The van der Waals surface area contributed by atoms with Gasteiger partial charge in [0.2, 0.25) is 0 Å². The summed E-state index contributed by atoms with van der Waals surface area (Å²) in [7, 11) is 3.32. The summed E-state index contributed by atoms with van der Waals surface area (Å²) in [4.78, 5) is 0. The highest BCUT2D eigenvalue weighted by Gasteiger charge is 2.05. The number of nitrogens with one attached hydrogen (secondary N) is 1. The summed E-state index contributed by atoms with van der Waals surface area (Å²) in [6.07, 6.45) is 1.90. The quantitative estimate of drug-likeness (QED) is 0.904. The molecule has 0 amide bonds. The van der Waals surface area contributed by atoms with Crippen LogP contribution in [0.2, 0.25) is 0 Å². The van der Waals surface area contributed by atoms with Gasteiger partial charge in [-0.1, -0.05) is 6.07 Å². The van der Waals surface area contributed by atoms with E-state index in [0.717, 1.165) is 16.9 Å². The van der Waals surface area contributed by atoms with Gasteiger partial charge >= 0.3 is 0 Å². The third-order valence-electron chi connectivity index (χ3n) is 2.71. The maximum absolute atomic E-state index is 13.5. The Morgan fingerprint density at radius 1 is 1.44 bits per heavy atom. The number of ether oxygens (including phenoxy) is 1. The van der Waals surface area contributed by atoms with Crippen molar-refractivity contribution in [2.75, 3.05) is 12.4 Å². The first-order valence-electron chi connectivity index (χ1n) is 5.66. The van der Waals surface area contributed by atoms with Crippen LogP contribution in [0.4, 0.5) is 10.1 Å². The van der Waals surface area contributed by atoms with Crippen molar-refractivity contribution in [2.24, 2.45) is 7.05 Å². The topological polar surface area (TPSA) is 39.1 Å². The maximum Gasteiger partial charge on any atom is 0.165 e. The average molecular weight is 249 g/mol. The van der Waals surface area contributed by atoms with Gasteiger partial charge in [-0.25, -0.2) is 4.39 Å². The number of rotatable bonds is 4. The van der Waals surface area contributed by atoms with Crippen molar-refractivity contribution in [3.05, 3.63) is 41.5 Å². The smallest absolute Gasteiger partial charge is 0.165 e. The van der Waals surface area contributed by atoms with Gasteiger partial charge in [0.15, 0.2) is 11.6 Å². The van der Waals surface area contributed by atoms with Crippen LogP contribution in [-0.4, -0.2) is 16.9 Å². The number of hydrogen-bond donors (Lipinski definition) is 1. The summed E-state index contributed by atoms with van der Waals surface area (Å²) < 4.78 is 20.1. The van der Waals surface area contributed by atoms with Gasteiger partial charge in [-0.2, -0.15) is 5.10 Å². The zero-order chi connectivity index (χ0) is 13.1. The third-order valence-corrected chi connectivity index (χ3v) is 2.71. The van der Waals surface area contributed by atoms with Crippen LogP contribution < -0.4 is 10.1 Å². The van der Waals surface area contributed by atoms with E-state index in [0.29, 0.717) is 6.54 Å². The summed E-state index contributed by atoms with van der Waals surface area (Å²) >= 11 is 0. The van der Waals surface area contributed by atoms with Crippen molar-refractivity contribution in [3.63, 3.8) is 0 Å². The summed E-state index contributed by atoms with van der Waals surface area (Å²) in [5.74, 6) is -0.0870. The van der Waals surface area contributed by atoms with E-state index < -0.39 is 0 Å². The highest BCUT2D eigenvalue weighted by Crippen LogP contribution is 2.19. The van der Waals surface area contributed by atoms with Crippen LogP contribution in [0, 0.1) is 12.7 Å². The van der Waals surface area contributed by atoms with Gasteiger partial charge in [-0.15, -0.1) is 0 Å². The Balaban J connectivity index is 2.06. The van der Waals surface area contributed by atoms with E-state index >= 15 is 0 Å². The summed E-state index contributed by atoms with van der Waals surface area (Å²) in [6.45, 7) is 2.48. The number of aryl methyl sites for hydroxylation is 2. The molecule has 18 heavy (non-hydrogen) atoms. The number of aromatic nitrogens is 2. The fourth-order valence-corrected chi connectivity index (χ4v) is 1.79. The molecule has 1 aromatic heterocycles. The fraction of sp³-hybridized carbons (Fsp3) is 0.308. The van der Waals surface area contributed by atoms with Gasteiger partial charge in [0.25, 0.3) is 0 Å². The predicted octanol–water partition coefficient (Wildman–Crippen LogP) is 2.49. The monoisotopic (exact) mass is 249 g/mol. The van der Waals surface area contributed by atoms with E-state index in [-0.39, 0.29) is 11.6 Å². The van der Waals surface area contributed by atoms with Crippen LogP contribution >= 0.6 is 0 Å². The first-order chi connectivity index (χ1) is 8.60. The van der Waals surface area contributed by atoms with E-state index in [1.807, 2.05) is 26.2 Å². The Kier molecular flexibility index (Phi) is 3.50. The number of hydrogen-bond acceptors (Lipinski definition) is 3. The number of methoxy groups -OCH3 is 1. The van der Waals surface area contributed by atoms with Crippen LogP contribution in [-0.2, 0) is 13.6 Å². The molecule has 0 fully saturated rings. The summed E-state index contributed by atoms with van der Waals surface area (Å²) in [5, 5.41) is 7.45. The maximum atomic E-state index is 13.5. The second kappa shape index (κ2) is 5.08. The number of anilines is 1. The van der Waals surface area contributed by atoms with Crippen molar-refractivity contribution in [1.82, 2.24) is 9.78 Å². The van der Waals surface area contributed by atoms with Crippen molar-refractivity contribution < 1.29 is 9.13 Å². The minimum Gasteiger partial charge on any atom is -0.494 e. The lowest BCUT2D eigenvalue weighted by atomic mass is 10.2. The molecule has 1 N–H and O–H groups in total. The zero-order valence-electron chi connectivity index (χ0n) is 10.7. The van der Waals surface area contributed by atoms with Crippen LogP contribution in [0.5, 0.6) is 5.75 Å². The van der Waals surface area contributed by atoms with E-state index in [1.54, 1.807) is 10.7 Å². The second-order valence-electron chi connectivity index (χ2n) is 4.12. The molecule has 5 heteroatoms. The Labute approximate surface area is 105 Å². The first kappa shape index (κ1) is 12.4. The molecule has 0 saturated carbocycles. The lowest BCUT2D eigenvalue weighted by molar-refractivity contribution is 0.386. The van der Waals surface area contributed by atoms with Crippen molar-refractivity contribution in [3.8, 4) is 5.75 Å². The molecule has 0 spiro atoms. The molecule has 2 aromatic rings. The first-order valence-corrected chi connectivity index (χ1v) is 5.66. The number of benzene rings is 1. The molecular weight excluding hydrogens is 233 g/mol. The highest BCUT2D eigenvalue weighted by atomic mass is 19.1. The van der Waals surface area contributed by atoms with Crippen LogP contribution in [0.3, 0.4) is 0 Å². The SMILES string of the molecule is COc1ccc(CNc2cn(C)nc2C)cc1F. The number of nitrogens with zero attached hydrogens (tertiary/aromatic N) is 2. The molecule has 0 aliphatic heterocycles. The van der Waals surface area contributed by atoms with E-state index in [1.165, 1.54) is 13.2 Å². The Hall–Kier alpha value is -2.04. The molecule has 1 aromatic carbocycles. The van der Waals surface area contributed by atoms with Crippen LogP contribution in [0.1, 0.15) is 11.3 Å². The Bertz CT molecular complexity index is 551.